The number of halogens is 3. The van der Waals surface area contributed by atoms with Gasteiger partial charge in [-0.1, -0.05) is 18.2 Å². The molecule has 12 heteroatoms. The van der Waals surface area contributed by atoms with Gasteiger partial charge in [0.05, 0.1) is 22.9 Å². The van der Waals surface area contributed by atoms with Gasteiger partial charge in [0.2, 0.25) is 0 Å². The van der Waals surface area contributed by atoms with Crippen LogP contribution in [0.25, 0.3) is 0 Å². The highest BCUT2D eigenvalue weighted by Crippen LogP contribution is 2.37. The minimum Gasteiger partial charge on any atom is -0.492 e. The van der Waals surface area contributed by atoms with Crippen molar-refractivity contribution in [3.63, 3.8) is 0 Å². The summed E-state index contributed by atoms with van der Waals surface area (Å²) in [7, 11) is 0. The van der Waals surface area contributed by atoms with Crippen LogP contribution in [0.2, 0.25) is 0 Å². The van der Waals surface area contributed by atoms with Gasteiger partial charge < -0.3 is 19.7 Å². The van der Waals surface area contributed by atoms with E-state index in [0.717, 1.165) is 12.1 Å². The summed E-state index contributed by atoms with van der Waals surface area (Å²) in [5.41, 5.74) is -1.68. The molecule has 0 aromatic heterocycles. The van der Waals surface area contributed by atoms with Crippen molar-refractivity contribution in [2.45, 2.75) is 19.0 Å². The number of rotatable bonds is 9. The van der Waals surface area contributed by atoms with Crippen molar-refractivity contribution in [2.75, 3.05) is 37.7 Å². The van der Waals surface area contributed by atoms with E-state index >= 15 is 0 Å². The topological polar surface area (TPSA) is 111 Å². The fraction of sp³-hybridized carbons (Fsp3) is 0.391. The van der Waals surface area contributed by atoms with Gasteiger partial charge in [0.25, 0.3) is 11.6 Å². The zero-order chi connectivity index (χ0) is 25.4. The van der Waals surface area contributed by atoms with Crippen molar-refractivity contribution in [3.05, 3.63) is 64.2 Å². The van der Waals surface area contributed by atoms with Gasteiger partial charge in [-0.25, -0.2) is 0 Å². The lowest BCUT2D eigenvalue weighted by atomic mass is 9.96. The molecule has 0 saturated carbocycles. The molecule has 2 aromatic carbocycles. The number of ether oxygens (including phenoxy) is 2. The molecule has 0 radical (unpaired) electrons. The smallest absolute Gasteiger partial charge is 0.416 e. The van der Waals surface area contributed by atoms with Gasteiger partial charge in [-0.05, 0) is 37.1 Å². The first-order valence-corrected chi connectivity index (χ1v) is 10.9. The fourth-order valence-corrected chi connectivity index (χ4v) is 3.65. The molecule has 1 amide bonds. The predicted molar refractivity (Wildman–Crippen MR) is 119 cm³/mol. The third-order valence-corrected chi connectivity index (χ3v) is 5.45. The highest BCUT2D eigenvalue weighted by atomic mass is 19.4. The van der Waals surface area contributed by atoms with Crippen LogP contribution in [0.5, 0.6) is 5.75 Å². The van der Waals surface area contributed by atoms with E-state index in [1.807, 2.05) is 18.2 Å². The molecule has 9 nitrogen and oxygen atoms in total. The molecule has 0 atom stereocenters. The second-order valence-corrected chi connectivity index (χ2v) is 7.84. The number of nitro groups is 1. The van der Waals surface area contributed by atoms with Crippen molar-refractivity contribution in [2.24, 2.45) is 5.92 Å². The molecule has 0 spiro atoms. The molecule has 1 fully saturated rings. The molecule has 1 aliphatic heterocycles. The first-order valence-electron chi connectivity index (χ1n) is 10.9. The summed E-state index contributed by atoms with van der Waals surface area (Å²) in [6, 6.07) is 11.4. The molecule has 0 bridgehead atoms. The lowest BCUT2D eigenvalue weighted by Gasteiger charge is -2.32. The maximum Gasteiger partial charge on any atom is 0.416 e. The van der Waals surface area contributed by atoms with Crippen molar-refractivity contribution in [3.8, 4) is 5.75 Å². The second-order valence-electron chi connectivity index (χ2n) is 7.84. The normalized spacial score (nSPS) is 14.3. The average molecular weight is 495 g/mol. The number of piperidine rings is 1. The lowest BCUT2D eigenvalue weighted by Crippen LogP contribution is -2.38. The molecule has 1 aliphatic rings. The Bertz CT molecular complexity index is 1040. The van der Waals surface area contributed by atoms with E-state index in [0.29, 0.717) is 11.8 Å². The number of hydrogen-bond acceptors (Lipinski definition) is 7. The van der Waals surface area contributed by atoms with Crippen LogP contribution in [0.1, 0.15) is 18.4 Å². The molecule has 1 N–H and O–H groups in total. The molecule has 1 saturated heterocycles. The van der Waals surface area contributed by atoms with Gasteiger partial charge in [-0.15, -0.1) is 0 Å². The zero-order valence-electron chi connectivity index (χ0n) is 18.6. The number of carbonyl (C=O) groups is 2. The Balaban J connectivity index is 1.43. The second kappa shape index (κ2) is 11.5. The van der Waals surface area contributed by atoms with Gasteiger partial charge in [0.1, 0.15) is 18.0 Å². The minimum absolute atomic E-state index is 0.0620. The SMILES string of the molecule is O=C(COC(=O)C1CCN(c2ccc(C(F)(F)F)cc2[N+](=O)[O-])CC1)NCCOc1ccccc1. The van der Waals surface area contributed by atoms with Crippen LogP contribution in [0.4, 0.5) is 24.5 Å². The van der Waals surface area contributed by atoms with E-state index in [-0.39, 0.29) is 44.8 Å². The summed E-state index contributed by atoms with van der Waals surface area (Å²) in [6.45, 7) is 0.465. The molecule has 35 heavy (non-hydrogen) atoms. The molecular formula is C23H24F3N3O6. The summed E-state index contributed by atoms with van der Waals surface area (Å²) in [5.74, 6) is -0.898. The third kappa shape index (κ3) is 7.33. The Morgan fingerprint density at radius 3 is 2.43 bits per heavy atom. The fourth-order valence-electron chi connectivity index (χ4n) is 3.65. The maximum atomic E-state index is 12.9. The summed E-state index contributed by atoms with van der Waals surface area (Å²) in [6.07, 6.45) is -4.13. The predicted octanol–water partition coefficient (Wildman–Crippen LogP) is 3.57. The van der Waals surface area contributed by atoms with Crippen molar-refractivity contribution >= 4 is 23.3 Å². The van der Waals surface area contributed by atoms with Crippen molar-refractivity contribution < 1.29 is 37.2 Å². The van der Waals surface area contributed by atoms with Gasteiger partial charge in [0.15, 0.2) is 6.61 Å². The number of hydrogen-bond donors (Lipinski definition) is 1. The van der Waals surface area contributed by atoms with E-state index in [4.69, 9.17) is 9.47 Å². The van der Waals surface area contributed by atoms with Gasteiger partial charge in [-0.3, -0.25) is 19.7 Å². The number of para-hydroxylation sites is 1. The van der Waals surface area contributed by atoms with Crippen LogP contribution in [-0.4, -0.2) is 49.6 Å². The number of nitrogens with zero attached hydrogens (tertiary/aromatic N) is 2. The Morgan fingerprint density at radius 1 is 1.11 bits per heavy atom. The van der Waals surface area contributed by atoms with Gasteiger partial charge in [-0.2, -0.15) is 13.2 Å². The number of benzene rings is 2. The number of esters is 1. The number of carbonyl (C=O) groups excluding carboxylic acids is 2. The first kappa shape index (κ1) is 25.8. The summed E-state index contributed by atoms with van der Waals surface area (Å²) < 4.78 is 49.2. The molecule has 1 heterocycles. The summed E-state index contributed by atoms with van der Waals surface area (Å²) in [5, 5.41) is 13.9. The Hall–Kier alpha value is -3.83. The van der Waals surface area contributed by atoms with E-state index in [2.05, 4.69) is 5.32 Å². The summed E-state index contributed by atoms with van der Waals surface area (Å²) in [4.78, 5) is 36.2. The van der Waals surface area contributed by atoms with E-state index < -0.39 is 46.8 Å². The Labute approximate surface area is 199 Å². The molecule has 188 valence electrons. The highest BCUT2D eigenvalue weighted by Gasteiger charge is 2.35. The van der Waals surface area contributed by atoms with Crippen LogP contribution in [0.3, 0.4) is 0 Å². The van der Waals surface area contributed by atoms with Crippen LogP contribution in [-0.2, 0) is 20.5 Å². The number of amides is 1. The monoisotopic (exact) mass is 495 g/mol. The molecular weight excluding hydrogens is 471 g/mol. The van der Waals surface area contributed by atoms with E-state index in [9.17, 15) is 32.9 Å². The highest BCUT2D eigenvalue weighted by molar-refractivity contribution is 5.81. The van der Waals surface area contributed by atoms with Crippen molar-refractivity contribution in [1.82, 2.24) is 5.32 Å². The van der Waals surface area contributed by atoms with Crippen LogP contribution in [0.15, 0.2) is 48.5 Å². The van der Waals surface area contributed by atoms with Crippen LogP contribution < -0.4 is 15.0 Å². The van der Waals surface area contributed by atoms with E-state index in [1.165, 1.54) is 0 Å². The standard InChI is InChI=1S/C23H24F3N3O6/c24-23(25,26)17-6-7-19(20(14-17)29(32)33)28-11-8-16(9-12-28)22(31)35-15-21(30)27-10-13-34-18-4-2-1-3-5-18/h1-7,14,16H,8-13,15H2,(H,27,30). The summed E-state index contributed by atoms with van der Waals surface area (Å²) >= 11 is 0. The molecule has 2 aromatic rings. The van der Waals surface area contributed by atoms with Gasteiger partial charge in [0, 0.05) is 19.2 Å². The van der Waals surface area contributed by atoms with E-state index in [1.54, 1.807) is 17.0 Å². The van der Waals surface area contributed by atoms with Crippen LogP contribution in [0, 0.1) is 16.0 Å². The number of anilines is 1. The molecule has 0 aliphatic carbocycles. The molecule has 0 unspecified atom stereocenters. The Morgan fingerprint density at radius 2 is 1.80 bits per heavy atom. The quantitative estimate of drug-likeness (QED) is 0.245. The lowest BCUT2D eigenvalue weighted by molar-refractivity contribution is -0.384. The van der Waals surface area contributed by atoms with Gasteiger partial charge >= 0.3 is 12.1 Å². The zero-order valence-corrected chi connectivity index (χ0v) is 18.6. The first-order chi connectivity index (χ1) is 16.6. The number of alkyl halides is 3. The van der Waals surface area contributed by atoms with Crippen LogP contribution >= 0.6 is 0 Å². The van der Waals surface area contributed by atoms with Crippen molar-refractivity contribution in [1.29, 1.82) is 0 Å². The average Bonchev–Trinajstić information content (AvgIpc) is 2.85. The third-order valence-electron chi connectivity index (χ3n) is 5.45. The largest absolute Gasteiger partial charge is 0.492 e. The number of nitro benzene ring substituents is 1. The Kier molecular flexibility index (Phi) is 8.50. The number of nitrogens with one attached hydrogen (secondary N) is 1. The maximum absolute atomic E-state index is 12.9. The molecule has 3 rings (SSSR count). The minimum atomic E-state index is -4.69.